The quantitative estimate of drug-likeness (QED) is 0.766. The molecule has 0 saturated carbocycles. The van der Waals surface area contributed by atoms with Crippen LogP contribution >= 0.6 is 0 Å². The zero-order valence-corrected chi connectivity index (χ0v) is 11.8. The number of nitrogens with zero attached hydrogens (tertiary/aromatic N) is 1. The summed E-state index contributed by atoms with van der Waals surface area (Å²) >= 11 is 0. The summed E-state index contributed by atoms with van der Waals surface area (Å²) in [7, 11) is 0. The smallest absolute Gasteiger partial charge is 0.221 e. The summed E-state index contributed by atoms with van der Waals surface area (Å²) in [5.41, 5.74) is 8.72. The van der Waals surface area contributed by atoms with Crippen LogP contribution in [0.5, 0.6) is 0 Å². The Kier molecular flexibility index (Phi) is 3.73. The van der Waals surface area contributed by atoms with Crippen LogP contribution in [0.15, 0.2) is 60.8 Å². The lowest BCUT2D eigenvalue weighted by Crippen LogP contribution is -2.13. The van der Waals surface area contributed by atoms with Crippen molar-refractivity contribution in [3.63, 3.8) is 0 Å². The zero-order chi connectivity index (χ0) is 14.7. The number of amides is 1. The summed E-state index contributed by atoms with van der Waals surface area (Å²) in [4.78, 5) is 11.1. The predicted molar refractivity (Wildman–Crippen MR) is 85.0 cm³/mol. The first-order valence-electron chi connectivity index (χ1n) is 7.12. The van der Waals surface area contributed by atoms with Crippen molar-refractivity contribution in [2.75, 3.05) is 0 Å². The molecule has 21 heavy (non-hydrogen) atoms. The molecule has 0 radical (unpaired) electrons. The Morgan fingerprint density at radius 3 is 2.57 bits per heavy atom. The summed E-state index contributed by atoms with van der Waals surface area (Å²) in [6.07, 6.45) is 3.38. The van der Waals surface area contributed by atoms with Gasteiger partial charge in [-0.2, -0.15) is 0 Å². The number of primary amides is 1. The monoisotopic (exact) mass is 278 g/mol. The van der Waals surface area contributed by atoms with Crippen LogP contribution in [-0.2, 0) is 24.2 Å². The topological polar surface area (TPSA) is 48.0 Å². The van der Waals surface area contributed by atoms with Crippen molar-refractivity contribution in [3.05, 3.63) is 71.9 Å². The molecule has 0 fully saturated rings. The third-order valence-corrected chi connectivity index (χ3v) is 3.70. The molecule has 1 heterocycles. The third kappa shape index (κ3) is 3.14. The number of rotatable bonds is 5. The second kappa shape index (κ2) is 5.83. The van der Waals surface area contributed by atoms with Gasteiger partial charge in [0.1, 0.15) is 0 Å². The van der Waals surface area contributed by atoms with E-state index in [9.17, 15) is 4.79 Å². The Hall–Kier alpha value is -2.55. The number of fused-ring (bicyclic) bond motifs is 1. The fourth-order valence-corrected chi connectivity index (χ4v) is 2.63. The van der Waals surface area contributed by atoms with E-state index in [0.717, 1.165) is 24.0 Å². The lowest BCUT2D eigenvalue weighted by atomic mass is 10.1. The number of hydrogen-bond donors (Lipinski definition) is 1. The van der Waals surface area contributed by atoms with Crippen LogP contribution in [0.4, 0.5) is 0 Å². The van der Waals surface area contributed by atoms with Crippen molar-refractivity contribution in [2.24, 2.45) is 5.73 Å². The first kappa shape index (κ1) is 13.4. The van der Waals surface area contributed by atoms with Gasteiger partial charge in [-0.15, -0.1) is 0 Å². The van der Waals surface area contributed by atoms with Gasteiger partial charge >= 0.3 is 0 Å². The molecule has 0 aliphatic rings. The molecule has 0 unspecified atom stereocenters. The Morgan fingerprint density at radius 1 is 1.00 bits per heavy atom. The van der Waals surface area contributed by atoms with E-state index in [1.807, 2.05) is 18.2 Å². The summed E-state index contributed by atoms with van der Waals surface area (Å²) in [6.45, 7) is 0.924. The highest BCUT2D eigenvalue weighted by Gasteiger charge is 2.04. The van der Waals surface area contributed by atoms with Gasteiger partial charge in [0, 0.05) is 18.3 Å². The highest BCUT2D eigenvalue weighted by molar-refractivity contribution is 5.83. The molecule has 2 aromatic carbocycles. The maximum Gasteiger partial charge on any atom is 0.221 e. The molecule has 0 bridgehead atoms. The van der Waals surface area contributed by atoms with E-state index in [-0.39, 0.29) is 5.91 Å². The molecule has 0 aliphatic carbocycles. The highest BCUT2D eigenvalue weighted by atomic mass is 16.1. The van der Waals surface area contributed by atoms with Gasteiger partial charge in [-0.05, 0) is 35.1 Å². The second-order valence-electron chi connectivity index (χ2n) is 5.28. The van der Waals surface area contributed by atoms with E-state index in [4.69, 9.17) is 5.73 Å². The molecular weight excluding hydrogens is 260 g/mol. The number of nitrogens with two attached hydrogens (primary N) is 1. The summed E-state index contributed by atoms with van der Waals surface area (Å²) in [6, 6.07) is 18.6. The van der Waals surface area contributed by atoms with Gasteiger partial charge in [0.05, 0.1) is 6.42 Å². The molecule has 1 aromatic heterocycles. The second-order valence-corrected chi connectivity index (χ2v) is 5.28. The van der Waals surface area contributed by atoms with Crippen molar-refractivity contribution in [1.29, 1.82) is 0 Å². The van der Waals surface area contributed by atoms with Gasteiger partial charge in [0.25, 0.3) is 0 Å². The predicted octanol–water partition coefficient (Wildman–Crippen LogP) is 2.91. The zero-order valence-electron chi connectivity index (χ0n) is 11.8. The summed E-state index contributed by atoms with van der Waals surface area (Å²) in [5, 5.41) is 1.19. The van der Waals surface area contributed by atoms with E-state index >= 15 is 0 Å². The van der Waals surface area contributed by atoms with Crippen LogP contribution in [0.2, 0.25) is 0 Å². The molecule has 1 amide bonds. The lowest BCUT2D eigenvalue weighted by molar-refractivity contribution is -0.117. The molecule has 0 aliphatic heterocycles. The summed E-state index contributed by atoms with van der Waals surface area (Å²) < 4.78 is 2.23. The van der Waals surface area contributed by atoms with Crippen LogP contribution in [-0.4, -0.2) is 10.5 Å². The average Bonchev–Trinajstić information content (AvgIpc) is 2.88. The van der Waals surface area contributed by atoms with Gasteiger partial charge < -0.3 is 10.3 Å². The number of carbonyl (C=O) groups is 1. The Labute approximate surface area is 124 Å². The molecule has 3 aromatic rings. The molecule has 2 N–H and O–H groups in total. The van der Waals surface area contributed by atoms with Crippen LogP contribution in [0.1, 0.15) is 11.1 Å². The average molecular weight is 278 g/mol. The van der Waals surface area contributed by atoms with Crippen molar-refractivity contribution < 1.29 is 4.79 Å². The van der Waals surface area contributed by atoms with Gasteiger partial charge in [-0.25, -0.2) is 0 Å². The molecule has 0 spiro atoms. The van der Waals surface area contributed by atoms with E-state index in [1.54, 1.807) is 0 Å². The minimum atomic E-state index is -0.295. The maximum absolute atomic E-state index is 11.1. The standard InChI is InChI=1S/C18H18N2O/c19-18(21)13-15-6-7-16-9-11-20(17(16)12-15)10-8-14-4-2-1-3-5-14/h1-7,9,11-12H,8,10,13H2,(H2,19,21). The van der Waals surface area contributed by atoms with Crippen LogP contribution in [0, 0.1) is 0 Å². The first-order valence-corrected chi connectivity index (χ1v) is 7.12. The largest absolute Gasteiger partial charge is 0.369 e. The molecule has 0 atom stereocenters. The molecule has 3 nitrogen and oxygen atoms in total. The van der Waals surface area contributed by atoms with Gasteiger partial charge in [-0.3, -0.25) is 4.79 Å². The van der Waals surface area contributed by atoms with Crippen molar-refractivity contribution in [2.45, 2.75) is 19.4 Å². The Morgan fingerprint density at radius 2 is 1.81 bits per heavy atom. The van der Waals surface area contributed by atoms with Gasteiger partial charge in [0.2, 0.25) is 5.91 Å². The number of hydrogen-bond acceptors (Lipinski definition) is 1. The maximum atomic E-state index is 11.1. The molecule has 106 valence electrons. The minimum absolute atomic E-state index is 0.291. The van der Waals surface area contributed by atoms with Crippen LogP contribution in [0.3, 0.4) is 0 Å². The third-order valence-electron chi connectivity index (χ3n) is 3.70. The van der Waals surface area contributed by atoms with E-state index in [1.165, 1.54) is 10.9 Å². The van der Waals surface area contributed by atoms with Gasteiger partial charge in [-0.1, -0.05) is 42.5 Å². The fraction of sp³-hybridized carbons (Fsp3) is 0.167. The van der Waals surface area contributed by atoms with E-state index in [2.05, 4.69) is 47.2 Å². The van der Waals surface area contributed by atoms with Crippen LogP contribution < -0.4 is 5.73 Å². The highest BCUT2D eigenvalue weighted by Crippen LogP contribution is 2.18. The molecule has 3 rings (SSSR count). The minimum Gasteiger partial charge on any atom is -0.369 e. The molecule has 0 saturated heterocycles. The van der Waals surface area contributed by atoms with Crippen LogP contribution in [0.25, 0.3) is 10.9 Å². The SMILES string of the molecule is NC(=O)Cc1ccc2ccn(CCc3ccccc3)c2c1. The van der Waals surface area contributed by atoms with E-state index in [0.29, 0.717) is 6.42 Å². The molecular formula is C18H18N2O. The van der Waals surface area contributed by atoms with Crippen molar-refractivity contribution >= 4 is 16.8 Å². The van der Waals surface area contributed by atoms with Gasteiger partial charge in [0.15, 0.2) is 0 Å². The Balaban J connectivity index is 1.83. The van der Waals surface area contributed by atoms with E-state index < -0.39 is 0 Å². The van der Waals surface area contributed by atoms with Crippen molar-refractivity contribution in [1.82, 2.24) is 4.57 Å². The summed E-state index contributed by atoms with van der Waals surface area (Å²) in [5.74, 6) is -0.295. The number of benzene rings is 2. The van der Waals surface area contributed by atoms with Crippen molar-refractivity contribution in [3.8, 4) is 0 Å². The first-order chi connectivity index (χ1) is 10.2. The number of aryl methyl sites for hydroxylation is 2. The number of aromatic nitrogens is 1. The fourth-order valence-electron chi connectivity index (χ4n) is 2.63. The Bertz CT molecular complexity index is 759. The number of carbonyl (C=O) groups excluding carboxylic acids is 1. The lowest BCUT2D eigenvalue weighted by Gasteiger charge is -2.07. The molecule has 3 heteroatoms. The normalized spacial score (nSPS) is 10.9.